The van der Waals surface area contributed by atoms with E-state index >= 15 is 0 Å². The van der Waals surface area contributed by atoms with Gasteiger partial charge in [0.2, 0.25) is 0 Å². The molecule has 1 aromatic carbocycles. The summed E-state index contributed by atoms with van der Waals surface area (Å²) in [4.78, 5) is 24.1. The van der Waals surface area contributed by atoms with Gasteiger partial charge in [0.1, 0.15) is 11.6 Å². The van der Waals surface area contributed by atoms with E-state index in [0.717, 1.165) is 37.6 Å². The number of piperidine rings is 1. The zero-order valence-electron chi connectivity index (χ0n) is 17.1. The minimum Gasteiger partial charge on any atom is -0.368 e. The molecule has 1 unspecified atom stereocenters. The smallest absolute Gasteiger partial charge is 0.254 e. The number of benzene rings is 1. The summed E-state index contributed by atoms with van der Waals surface area (Å²) in [5.41, 5.74) is 1.71. The van der Waals surface area contributed by atoms with Gasteiger partial charge < -0.3 is 14.7 Å². The van der Waals surface area contributed by atoms with Crippen molar-refractivity contribution >= 4 is 17.4 Å². The zero-order valence-corrected chi connectivity index (χ0v) is 17.1. The molecule has 4 rings (SSSR count). The highest BCUT2D eigenvalue weighted by Crippen LogP contribution is 2.26. The number of hydrogen-bond donors (Lipinski definition) is 0. The highest BCUT2D eigenvalue weighted by molar-refractivity contribution is 5.95. The molecular formula is C23H29FN4O. The van der Waals surface area contributed by atoms with E-state index in [9.17, 15) is 9.18 Å². The van der Waals surface area contributed by atoms with Crippen LogP contribution < -0.4 is 9.80 Å². The normalized spacial score (nSPS) is 20.1. The average molecular weight is 397 g/mol. The number of aromatic nitrogens is 1. The highest BCUT2D eigenvalue weighted by atomic mass is 19.1. The Labute approximate surface area is 172 Å². The average Bonchev–Trinajstić information content (AvgIpc) is 2.79. The van der Waals surface area contributed by atoms with Gasteiger partial charge in [0.25, 0.3) is 5.91 Å². The van der Waals surface area contributed by atoms with Crippen molar-refractivity contribution in [2.24, 2.45) is 0 Å². The van der Waals surface area contributed by atoms with Gasteiger partial charge in [0.05, 0.1) is 0 Å². The Morgan fingerprint density at radius 1 is 1.07 bits per heavy atom. The number of nitrogens with zero attached hydrogens (tertiary/aromatic N) is 4. The third kappa shape index (κ3) is 4.36. The van der Waals surface area contributed by atoms with Gasteiger partial charge in [-0.2, -0.15) is 0 Å². The van der Waals surface area contributed by atoms with Crippen LogP contribution >= 0.6 is 0 Å². The Kier molecular flexibility index (Phi) is 5.97. The monoisotopic (exact) mass is 396 g/mol. The van der Waals surface area contributed by atoms with Crippen LogP contribution in [-0.4, -0.2) is 54.6 Å². The quantitative estimate of drug-likeness (QED) is 0.785. The van der Waals surface area contributed by atoms with Crippen LogP contribution in [0.4, 0.5) is 15.9 Å². The minimum absolute atomic E-state index is 0.0671. The summed E-state index contributed by atoms with van der Waals surface area (Å²) in [6.07, 6.45) is 6.51. The second-order valence-electron chi connectivity index (χ2n) is 7.91. The first-order chi connectivity index (χ1) is 14.2. The number of carbonyl (C=O) groups excluding carboxylic acids is 1. The van der Waals surface area contributed by atoms with Crippen LogP contribution in [0, 0.1) is 5.82 Å². The van der Waals surface area contributed by atoms with E-state index in [1.165, 1.54) is 31.4 Å². The number of hydrogen-bond acceptors (Lipinski definition) is 4. The van der Waals surface area contributed by atoms with E-state index in [0.29, 0.717) is 24.7 Å². The maximum absolute atomic E-state index is 13.1. The van der Waals surface area contributed by atoms with Crippen molar-refractivity contribution in [2.45, 2.75) is 38.6 Å². The number of amides is 1. The van der Waals surface area contributed by atoms with Gasteiger partial charge in [-0.05, 0) is 62.1 Å². The molecule has 2 fully saturated rings. The lowest BCUT2D eigenvalue weighted by Gasteiger charge is -2.37. The molecule has 1 aromatic heterocycles. The molecule has 0 spiro atoms. The van der Waals surface area contributed by atoms with Crippen molar-refractivity contribution in [1.29, 1.82) is 0 Å². The van der Waals surface area contributed by atoms with Crippen molar-refractivity contribution in [3.05, 3.63) is 54.0 Å². The van der Waals surface area contributed by atoms with Gasteiger partial charge in [0, 0.05) is 56.2 Å². The van der Waals surface area contributed by atoms with Crippen molar-refractivity contribution in [1.82, 2.24) is 9.88 Å². The molecule has 0 radical (unpaired) electrons. The van der Waals surface area contributed by atoms with E-state index in [-0.39, 0.29) is 11.7 Å². The van der Waals surface area contributed by atoms with Crippen LogP contribution in [0.1, 0.15) is 43.0 Å². The van der Waals surface area contributed by atoms with E-state index in [1.807, 2.05) is 17.0 Å². The predicted molar refractivity (Wildman–Crippen MR) is 114 cm³/mol. The molecule has 154 valence electrons. The molecule has 29 heavy (non-hydrogen) atoms. The van der Waals surface area contributed by atoms with Crippen molar-refractivity contribution in [3.63, 3.8) is 0 Å². The second-order valence-corrected chi connectivity index (χ2v) is 7.91. The van der Waals surface area contributed by atoms with E-state index in [4.69, 9.17) is 0 Å². The number of carbonyl (C=O) groups is 1. The number of rotatable bonds is 4. The summed E-state index contributed by atoms with van der Waals surface area (Å²) < 4.78 is 13.1. The Hall–Kier alpha value is -2.63. The molecule has 0 saturated carbocycles. The molecule has 0 N–H and O–H groups in total. The number of piperazine rings is 1. The summed E-state index contributed by atoms with van der Waals surface area (Å²) in [5.74, 6) is 0.764. The fourth-order valence-corrected chi connectivity index (χ4v) is 4.44. The second kappa shape index (κ2) is 8.80. The first-order valence-electron chi connectivity index (χ1n) is 10.7. The van der Waals surface area contributed by atoms with Gasteiger partial charge in [-0.3, -0.25) is 4.79 Å². The molecular weight excluding hydrogens is 367 g/mol. The summed E-state index contributed by atoms with van der Waals surface area (Å²) in [6.45, 7) is 6.06. The van der Waals surface area contributed by atoms with E-state index in [2.05, 4.69) is 21.7 Å². The first-order valence-corrected chi connectivity index (χ1v) is 10.7. The molecule has 1 amide bonds. The largest absolute Gasteiger partial charge is 0.368 e. The number of pyridine rings is 1. The summed E-state index contributed by atoms with van der Waals surface area (Å²) in [5, 5.41) is 0. The molecule has 2 aliphatic heterocycles. The highest BCUT2D eigenvalue weighted by Gasteiger charge is 2.25. The van der Waals surface area contributed by atoms with Crippen LogP contribution in [0.5, 0.6) is 0 Å². The molecule has 2 saturated heterocycles. The maximum Gasteiger partial charge on any atom is 0.254 e. The summed E-state index contributed by atoms with van der Waals surface area (Å²) in [6, 6.07) is 10.9. The topological polar surface area (TPSA) is 39.7 Å². The summed E-state index contributed by atoms with van der Waals surface area (Å²) >= 11 is 0. The third-order valence-corrected chi connectivity index (χ3v) is 6.14. The van der Waals surface area contributed by atoms with E-state index < -0.39 is 0 Å². The maximum atomic E-state index is 13.1. The van der Waals surface area contributed by atoms with E-state index in [1.54, 1.807) is 18.3 Å². The molecule has 0 aliphatic carbocycles. The molecule has 2 aliphatic rings. The fourth-order valence-electron chi connectivity index (χ4n) is 4.44. The van der Waals surface area contributed by atoms with Crippen molar-refractivity contribution in [2.75, 3.05) is 42.5 Å². The zero-order chi connectivity index (χ0) is 20.2. The lowest BCUT2D eigenvalue weighted by molar-refractivity contribution is 0.0746. The Bertz CT molecular complexity index is 833. The van der Waals surface area contributed by atoms with Gasteiger partial charge in [-0.15, -0.1) is 0 Å². The molecule has 1 atom stereocenters. The minimum atomic E-state index is -0.227. The van der Waals surface area contributed by atoms with Crippen LogP contribution in [0.15, 0.2) is 42.6 Å². The lowest BCUT2D eigenvalue weighted by atomic mass is 10.00. The Morgan fingerprint density at radius 3 is 2.55 bits per heavy atom. The Morgan fingerprint density at radius 2 is 1.83 bits per heavy atom. The molecule has 3 heterocycles. The van der Waals surface area contributed by atoms with Crippen LogP contribution in [0.25, 0.3) is 0 Å². The third-order valence-electron chi connectivity index (χ3n) is 6.14. The lowest BCUT2D eigenvalue weighted by Crippen LogP contribution is -2.48. The van der Waals surface area contributed by atoms with Crippen molar-refractivity contribution in [3.8, 4) is 0 Å². The molecule has 0 bridgehead atoms. The van der Waals surface area contributed by atoms with Gasteiger partial charge >= 0.3 is 0 Å². The number of anilines is 2. The van der Waals surface area contributed by atoms with Gasteiger partial charge in [0.15, 0.2) is 0 Å². The fraction of sp³-hybridized carbons (Fsp3) is 0.478. The predicted octanol–water partition coefficient (Wildman–Crippen LogP) is 3.95. The molecule has 2 aromatic rings. The Balaban J connectivity index is 1.42. The van der Waals surface area contributed by atoms with Crippen LogP contribution in [-0.2, 0) is 0 Å². The van der Waals surface area contributed by atoms with Gasteiger partial charge in [-0.25, -0.2) is 9.37 Å². The summed E-state index contributed by atoms with van der Waals surface area (Å²) in [7, 11) is 0. The SMILES string of the molecule is CCC1CCCCN1c1cc(C(=O)N2CCN(c3ccc(F)cc3)CC2)ccn1. The van der Waals surface area contributed by atoms with Crippen molar-refractivity contribution < 1.29 is 9.18 Å². The standard InChI is InChI=1S/C23H29FN4O/c1-2-20-5-3-4-12-28(20)22-17-18(10-11-25-22)23(29)27-15-13-26(14-16-27)21-8-6-19(24)7-9-21/h6-11,17,20H,2-5,12-16H2,1H3. The van der Waals surface area contributed by atoms with Gasteiger partial charge in [-0.1, -0.05) is 6.92 Å². The van der Waals surface area contributed by atoms with Crippen LogP contribution in [0.3, 0.4) is 0 Å². The first kappa shape index (κ1) is 19.7. The molecule has 6 heteroatoms. The van der Waals surface area contributed by atoms with Crippen LogP contribution in [0.2, 0.25) is 0 Å². The number of halogens is 1. The molecule has 5 nitrogen and oxygen atoms in total.